The van der Waals surface area contributed by atoms with Gasteiger partial charge in [-0.3, -0.25) is 4.79 Å². The minimum absolute atomic E-state index is 0.172. The van der Waals surface area contributed by atoms with E-state index in [2.05, 4.69) is 10.5 Å². The van der Waals surface area contributed by atoms with Crippen molar-refractivity contribution >= 4 is 29.4 Å². The number of halogens is 1. The number of rotatable bonds is 5. The Hall–Kier alpha value is -2.33. The molecule has 2 rings (SSSR count). The minimum atomic E-state index is -0.316. The summed E-state index contributed by atoms with van der Waals surface area (Å²) in [5, 5.41) is 6.85. The lowest BCUT2D eigenvalue weighted by molar-refractivity contribution is -0.120. The number of oxime groups is 1. The van der Waals surface area contributed by atoms with Gasteiger partial charge in [0.15, 0.2) is 6.61 Å². The lowest BCUT2D eigenvalue weighted by Crippen LogP contribution is -2.17. The van der Waals surface area contributed by atoms with Gasteiger partial charge in [0.25, 0.3) is 5.91 Å². The van der Waals surface area contributed by atoms with Crippen LogP contribution in [0.4, 0.5) is 5.69 Å². The number of nitrogens with zero attached hydrogens (tertiary/aromatic N) is 1. The Morgan fingerprint density at radius 1 is 1.15 bits per heavy atom. The Balaban J connectivity index is 1.79. The third-order valence-corrected chi connectivity index (χ3v) is 2.75. The maximum Gasteiger partial charge on any atom is 0.265 e. The summed E-state index contributed by atoms with van der Waals surface area (Å²) in [5.74, 6) is -0.316. The summed E-state index contributed by atoms with van der Waals surface area (Å²) >= 11 is 5.92. The summed E-state index contributed by atoms with van der Waals surface area (Å²) in [6.45, 7) is -0.172. The number of para-hydroxylation sites is 1. The Labute approximate surface area is 122 Å². The van der Waals surface area contributed by atoms with Crippen molar-refractivity contribution < 1.29 is 9.63 Å². The predicted octanol–water partition coefficient (Wildman–Crippen LogP) is 3.33. The first-order valence-electron chi connectivity index (χ1n) is 6.00. The average molecular weight is 289 g/mol. The van der Waals surface area contributed by atoms with Crippen molar-refractivity contribution in [1.29, 1.82) is 0 Å². The smallest absolute Gasteiger partial charge is 0.265 e. The number of amides is 1. The molecular formula is C15H13ClN2O2. The van der Waals surface area contributed by atoms with Gasteiger partial charge in [0, 0.05) is 0 Å². The first kappa shape index (κ1) is 14.1. The lowest BCUT2D eigenvalue weighted by Gasteiger charge is -2.05. The number of nitrogens with one attached hydrogen (secondary N) is 1. The maximum atomic E-state index is 11.6. The molecule has 1 N–H and O–H groups in total. The standard InChI is InChI=1S/C15H13ClN2O2/c16-13-8-4-5-9-14(13)18-15(19)11-20-17-10-12-6-2-1-3-7-12/h1-10H,11H2,(H,18,19)/b17-10-. The number of anilines is 1. The highest BCUT2D eigenvalue weighted by Crippen LogP contribution is 2.20. The predicted molar refractivity (Wildman–Crippen MR) is 80.1 cm³/mol. The monoisotopic (exact) mass is 288 g/mol. The van der Waals surface area contributed by atoms with Gasteiger partial charge >= 0.3 is 0 Å². The first-order chi connectivity index (χ1) is 9.75. The molecule has 0 atom stereocenters. The molecule has 20 heavy (non-hydrogen) atoms. The van der Waals surface area contributed by atoms with Crippen LogP contribution in [0.1, 0.15) is 5.56 Å². The van der Waals surface area contributed by atoms with E-state index in [0.29, 0.717) is 10.7 Å². The van der Waals surface area contributed by atoms with E-state index in [1.54, 1.807) is 30.5 Å². The normalized spacial score (nSPS) is 10.4. The van der Waals surface area contributed by atoms with Crippen LogP contribution in [0.2, 0.25) is 5.02 Å². The number of hydrogen-bond acceptors (Lipinski definition) is 3. The van der Waals surface area contributed by atoms with Crippen molar-refractivity contribution in [2.24, 2.45) is 5.16 Å². The molecule has 5 heteroatoms. The minimum Gasteiger partial charge on any atom is -0.386 e. The number of carbonyl (C=O) groups is 1. The van der Waals surface area contributed by atoms with E-state index < -0.39 is 0 Å². The molecule has 0 bridgehead atoms. The SMILES string of the molecule is O=C(CO/N=C\c1ccccc1)Nc1ccccc1Cl. The highest BCUT2D eigenvalue weighted by Gasteiger charge is 2.05. The van der Waals surface area contributed by atoms with Crippen LogP contribution in [0.5, 0.6) is 0 Å². The second kappa shape index (κ2) is 7.31. The molecule has 4 nitrogen and oxygen atoms in total. The zero-order valence-corrected chi connectivity index (χ0v) is 11.4. The van der Waals surface area contributed by atoms with Gasteiger partial charge in [-0.25, -0.2) is 0 Å². The molecular weight excluding hydrogens is 276 g/mol. The molecule has 0 aliphatic carbocycles. The van der Waals surface area contributed by atoms with Gasteiger partial charge in [-0.1, -0.05) is 59.2 Å². The number of carbonyl (C=O) groups excluding carboxylic acids is 1. The van der Waals surface area contributed by atoms with Gasteiger partial charge in [-0.15, -0.1) is 0 Å². The summed E-state index contributed by atoms with van der Waals surface area (Å²) in [6, 6.07) is 16.5. The lowest BCUT2D eigenvalue weighted by atomic mass is 10.2. The van der Waals surface area contributed by atoms with E-state index in [9.17, 15) is 4.79 Å². The summed E-state index contributed by atoms with van der Waals surface area (Å²) in [7, 11) is 0. The molecule has 0 saturated heterocycles. The molecule has 1 amide bonds. The van der Waals surface area contributed by atoms with Gasteiger partial charge in [0.2, 0.25) is 0 Å². The van der Waals surface area contributed by atoms with Crippen molar-refractivity contribution in [3.8, 4) is 0 Å². The van der Waals surface area contributed by atoms with Crippen molar-refractivity contribution in [1.82, 2.24) is 0 Å². The van der Waals surface area contributed by atoms with E-state index in [-0.39, 0.29) is 12.5 Å². The molecule has 0 aliphatic heterocycles. The second-order valence-electron chi connectivity index (χ2n) is 3.95. The third kappa shape index (κ3) is 4.40. The van der Waals surface area contributed by atoms with Crippen LogP contribution in [0.15, 0.2) is 59.8 Å². The summed E-state index contributed by atoms with van der Waals surface area (Å²) in [6.07, 6.45) is 1.54. The van der Waals surface area contributed by atoms with Gasteiger partial charge in [-0.05, 0) is 17.7 Å². The molecule has 2 aromatic rings. The summed E-state index contributed by atoms with van der Waals surface area (Å²) in [5.41, 5.74) is 1.45. The fourth-order valence-electron chi connectivity index (χ4n) is 1.48. The quantitative estimate of drug-likeness (QED) is 0.678. The van der Waals surface area contributed by atoms with Crippen LogP contribution < -0.4 is 5.32 Å². The Kier molecular flexibility index (Phi) is 5.15. The van der Waals surface area contributed by atoms with Crippen LogP contribution in [-0.2, 0) is 9.63 Å². The molecule has 0 unspecified atom stereocenters. The largest absolute Gasteiger partial charge is 0.386 e. The molecule has 2 aromatic carbocycles. The van der Waals surface area contributed by atoms with E-state index in [1.165, 1.54) is 0 Å². The van der Waals surface area contributed by atoms with Crippen LogP contribution in [0, 0.1) is 0 Å². The van der Waals surface area contributed by atoms with Crippen molar-refractivity contribution in [3.05, 3.63) is 65.2 Å². The molecule has 0 saturated carbocycles. The number of benzene rings is 2. The van der Waals surface area contributed by atoms with E-state index in [4.69, 9.17) is 16.4 Å². The Morgan fingerprint density at radius 3 is 2.60 bits per heavy atom. The van der Waals surface area contributed by atoms with Crippen molar-refractivity contribution in [2.75, 3.05) is 11.9 Å². The van der Waals surface area contributed by atoms with Crippen molar-refractivity contribution in [3.63, 3.8) is 0 Å². The zero-order chi connectivity index (χ0) is 14.2. The van der Waals surface area contributed by atoms with Crippen molar-refractivity contribution in [2.45, 2.75) is 0 Å². The van der Waals surface area contributed by atoms with Gasteiger partial charge in [-0.2, -0.15) is 0 Å². The van der Waals surface area contributed by atoms with Crippen LogP contribution in [-0.4, -0.2) is 18.7 Å². The molecule has 0 spiro atoms. The second-order valence-corrected chi connectivity index (χ2v) is 4.35. The Morgan fingerprint density at radius 2 is 1.85 bits per heavy atom. The molecule has 0 heterocycles. The fraction of sp³-hybridized carbons (Fsp3) is 0.0667. The van der Waals surface area contributed by atoms with E-state index in [1.807, 2.05) is 30.3 Å². The highest BCUT2D eigenvalue weighted by molar-refractivity contribution is 6.33. The molecule has 0 fully saturated rings. The number of hydrogen-bond donors (Lipinski definition) is 1. The topological polar surface area (TPSA) is 50.7 Å². The Bertz CT molecular complexity index is 600. The molecule has 0 aromatic heterocycles. The highest BCUT2D eigenvalue weighted by atomic mass is 35.5. The van der Waals surface area contributed by atoms with E-state index >= 15 is 0 Å². The van der Waals surface area contributed by atoms with Gasteiger partial charge < -0.3 is 10.2 Å². The van der Waals surface area contributed by atoms with Crippen LogP contribution in [0.25, 0.3) is 0 Å². The molecule has 0 radical (unpaired) electrons. The van der Waals surface area contributed by atoms with Gasteiger partial charge in [0.05, 0.1) is 16.9 Å². The average Bonchev–Trinajstić information content (AvgIpc) is 2.47. The summed E-state index contributed by atoms with van der Waals surface area (Å²) < 4.78 is 0. The first-order valence-corrected chi connectivity index (χ1v) is 6.38. The molecule has 102 valence electrons. The van der Waals surface area contributed by atoms with Gasteiger partial charge in [0.1, 0.15) is 0 Å². The van der Waals surface area contributed by atoms with Crippen LogP contribution >= 0.6 is 11.6 Å². The molecule has 0 aliphatic rings. The zero-order valence-electron chi connectivity index (χ0n) is 10.6. The van der Waals surface area contributed by atoms with E-state index in [0.717, 1.165) is 5.56 Å². The summed E-state index contributed by atoms with van der Waals surface area (Å²) in [4.78, 5) is 16.5. The maximum absolute atomic E-state index is 11.6. The third-order valence-electron chi connectivity index (χ3n) is 2.42. The van der Waals surface area contributed by atoms with Crippen LogP contribution in [0.3, 0.4) is 0 Å². The fourth-order valence-corrected chi connectivity index (χ4v) is 1.66.